The molecule has 72 valence electrons. The van der Waals surface area contributed by atoms with E-state index >= 15 is 0 Å². The minimum absolute atomic E-state index is 0.138. The molecule has 4 heteroatoms. The molecule has 0 fully saturated rings. The summed E-state index contributed by atoms with van der Waals surface area (Å²) >= 11 is 1.53. The number of thiophene rings is 1. The summed E-state index contributed by atoms with van der Waals surface area (Å²) in [5, 5.41) is 11.8. The minimum Gasteiger partial charge on any atom is -0.398 e. The van der Waals surface area contributed by atoms with Gasteiger partial charge < -0.3 is 10.8 Å². The van der Waals surface area contributed by atoms with E-state index < -0.39 is 0 Å². The molecular formula is C10H9NO2S. The fraction of sp³-hybridized carbons (Fsp3) is 0.100. The number of hydrogen-bond acceptors (Lipinski definition) is 4. The second kappa shape index (κ2) is 3.40. The highest BCUT2D eigenvalue weighted by Crippen LogP contribution is 2.30. The molecule has 0 unspecified atom stereocenters. The molecule has 1 aromatic carbocycles. The zero-order chi connectivity index (χ0) is 10.1. The summed E-state index contributed by atoms with van der Waals surface area (Å²) in [7, 11) is 0. The quantitative estimate of drug-likeness (QED) is 0.583. The van der Waals surface area contributed by atoms with Crippen LogP contribution in [0.1, 0.15) is 15.9 Å². The van der Waals surface area contributed by atoms with Gasteiger partial charge in [-0.3, -0.25) is 4.79 Å². The molecule has 0 atom stereocenters. The minimum atomic E-state index is -0.138. The average molecular weight is 207 g/mol. The van der Waals surface area contributed by atoms with Crippen LogP contribution in [0.5, 0.6) is 0 Å². The maximum absolute atomic E-state index is 10.9. The van der Waals surface area contributed by atoms with Crippen molar-refractivity contribution < 1.29 is 9.90 Å². The van der Waals surface area contributed by atoms with E-state index in [0.29, 0.717) is 16.8 Å². The topological polar surface area (TPSA) is 63.3 Å². The van der Waals surface area contributed by atoms with Crippen LogP contribution in [0.15, 0.2) is 17.5 Å². The van der Waals surface area contributed by atoms with E-state index in [4.69, 9.17) is 10.8 Å². The van der Waals surface area contributed by atoms with Crippen LogP contribution in [0.25, 0.3) is 10.1 Å². The van der Waals surface area contributed by atoms with Crippen molar-refractivity contribution >= 4 is 33.4 Å². The standard InChI is InChI=1S/C10H9NO2S/c11-10-6(4-12)3-9-7(1-2-14-9)8(10)5-13/h1-3,5,12H,4,11H2. The van der Waals surface area contributed by atoms with Gasteiger partial charge in [0.25, 0.3) is 0 Å². The Morgan fingerprint density at radius 1 is 1.57 bits per heavy atom. The Bertz CT molecular complexity index is 490. The van der Waals surface area contributed by atoms with Gasteiger partial charge >= 0.3 is 0 Å². The van der Waals surface area contributed by atoms with E-state index in [1.165, 1.54) is 11.3 Å². The van der Waals surface area contributed by atoms with E-state index in [0.717, 1.165) is 16.4 Å². The first-order chi connectivity index (χ1) is 6.77. The summed E-state index contributed by atoms with van der Waals surface area (Å²) in [5.74, 6) is 0. The second-order valence-electron chi connectivity index (χ2n) is 2.97. The van der Waals surface area contributed by atoms with E-state index in [-0.39, 0.29) is 6.61 Å². The first-order valence-electron chi connectivity index (χ1n) is 4.12. The van der Waals surface area contributed by atoms with E-state index in [9.17, 15) is 4.79 Å². The third-order valence-electron chi connectivity index (χ3n) is 2.21. The van der Waals surface area contributed by atoms with Gasteiger partial charge in [-0.05, 0) is 17.5 Å². The SMILES string of the molecule is Nc1c(CO)cc2sccc2c1C=O. The first kappa shape index (κ1) is 9.18. The lowest BCUT2D eigenvalue weighted by molar-refractivity contribution is 0.112. The van der Waals surface area contributed by atoms with Crippen molar-refractivity contribution in [1.82, 2.24) is 0 Å². The van der Waals surface area contributed by atoms with Crippen LogP contribution < -0.4 is 5.73 Å². The number of hydrogen-bond donors (Lipinski definition) is 2. The number of aliphatic hydroxyl groups is 1. The molecule has 14 heavy (non-hydrogen) atoms. The largest absolute Gasteiger partial charge is 0.398 e. The van der Waals surface area contributed by atoms with Crippen LogP contribution in [0.2, 0.25) is 0 Å². The molecule has 1 aromatic heterocycles. The van der Waals surface area contributed by atoms with Gasteiger partial charge in [-0.2, -0.15) is 0 Å². The van der Waals surface area contributed by atoms with Crippen molar-refractivity contribution in [1.29, 1.82) is 0 Å². The summed E-state index contributed by atoms with van der Waals surface area (Å²) in [5.41, 5.74) is 7.22. The molecule has 0 spiro atoms. The molecule has 0 bridgehead atoms. The molecule has 0 amide bonds. The highest BCUT2D eigenvalue weighted by atomic mass is 32.1. The molecule has 3 N–H and O–H groups in total. The third-order valence-corrected chi connectivity index (χ3v) is 3.08. The number of fused-ring (bicyclic) bond motifs is 1. The summed E-state index contributed by atoms with van der Waals surface area (Å²) in [6.45, 7) is -0.138. The van der Waals surface area contributed by atoms with Crippen molar-refractivity contribution in [2.24, 2.45) is 0 Å². The second-order valence-corrected chi connectivity index (χ2v) is 3.92. The van der Waals surface area contributed by atoms with Crippen molar-refractivity contribution in [3.8, 4) is 0 Å². The van der Waals surface area contributed by atoms with Gasteiger partial charge in [-0.25, -0.2) is 0 Å². The Hall–Kier alpha value is -1.39. The lowest BCUT2D eigenvalue weighted by Crippen LogP contribution is -1.99. The molecule has 1 heterocycles. The van der Waals surface area contributed by atoms with Gasteiger partial charge in [0.05, 0.1) is 6.61 Å². The maximum Gasteiger partial charge on any atom is 0.152 e. The summed E-state index contributed by atoms with van der Waals surface area (Å²) < 4.78 is 0.977. The van der Waals surface area contributed by atoms with E-state index in [1.807, 2.05) is 17.5 Å². The highest BCUT2D eigenvalue weighted by Gasteiger charge is 2.10. The van der Waals surface area contributed by atoms with Crippen LogP contribution in [-0.4, -0.2) is 11.4 Å². The molecule has 2 rings (SSSR count). The first-order valence-corrected chi connectivity index (χ1v) is 5.00. The number of nitrogens with two attached hydrogens (primary N) is 1. The normalized spacial score (nSPS) is 10.6. The van der Waals surface area contributed by atoms with Gasteiger partial charge in [0.15, 0.2) is 6.29 Å². The Kier molecular flexibility index (Phi) is 2.23. The fourth-order valence-electron chi connectivity index (χ4n) is 1.47. The van der Waals surface area contributed by atoms with Crippen molar-refractivity contribution in [3.63, 3.8) is 0 Å². The Morgan fingerprint density at radius 2 is 2.36 bits per heavy atom. The van der Waals surface area contributed by atoms with Gasteiger partial charge in [0, 0.05) is 26.9 Å². The Balaban J connectivity index is 2.87. The van der Waals surface area contributed by atoms with Gasteiger partial charge in [-0.15, -0.1) is 11.3 Å². The molecule has 2 aromatic rings. The molecule has 0 saturated heterocycles. The average Bonchev–Trinajstić information content (AvgIpc) is 2.64. The Labute approximate surface area is 84.8 Å². The number of carbonyl (C=O) groups excluding carboxylic acids is 1. The lowest BCUT2D eigenvalue weighted by Gasteiger charge is -2.06. The number of benzene rings is 1. The van der Waals surface area contributed by atoms with Crippen LogP contribution in [0.3, 0.4) is 0 Å². The number of carbonyl (C=O) groups is 1. The predicted molar refractivity (Wildman–Crippen MR) is 57.5 cm³/mol. The number of nitrogen functional groups attached to an aromatic ring is 1. The van der Waals surface area contributed by atoms with E-state index in [2.05, 4.69) is 0 Å². The molecule has 3 nitrogen and oxygen atoms in total. The predicted octanol–water partition coefficient (Wildman–Crippen LogP) is 1.79. The number of anilines is 1. The van der Waals surface area contributed by atoms with Crippen LogP contribution in [0, 0.1) is 0 Å². The zero-order valence-electron chi connectivity index (χ0n) is 7.36. The summed E-state index contributed by atoms with van der Waals surface area (Å²) in [6.07, 6.45) is 0.740. The van der Waals surface area contributed by atoms with Crippen LogP contribution in [0.4, 0.5) is 5.69 Å². The number of rotatable bonds is 2. The monoisotopic (exact) mass is 207 g/mol. The maximum atomic E-state index is 10.9. The molecule has 0 aliphatic rings. The molecular weight excluding hydrogens is 198 g/mol. The summed E-state index contributed by atoms with van der Waals surface area (Å²) in [4.78, 5) is 10.9. The van der Waals surface area contributed by atoms with Gasteiger partial charge in [-0.1, -0.05) is 0 Å². The summed E-state index contributed by atoms with van der Waals surface area (Å²) in [6, 6.07) is 3.68. The Morgan fingerprint density at radius 3 is 3.00 bits per heavy atom. The van der Waals surface area contributed by atoms with Crippen molar-refractivity contribution in [2.75, 3.05) is 5.73 Å². The zero-order valence-corrected chi connectivity index (χ0v) is 8.17. The van der Waals surface area contributed by atoms with E-state index in [1.54, 1.807) is 0 Å². The van der Waals surface area contributed by atoms with Crippen molar-refractivity contribution in [2.45, 2.75) is 6.61 Å². The third kappa shape index (κ3) is 1.20. The number of aldehydes is 1. The molecule has 0 saturated carbocycles. The fourth-order valence-corrected chi connectivity index (χ4v) is 2.33. The van der Waals surface area contributed by atoms with Crippen molar-refractivity contribution in [3.05, 3.63) is 28.6 Å². The van der Waals surface area contributed by atoms with Crippen LogP contribution >= 0.6 is 11.3 Å². The van der Waals surface area contributed by atoms with Gasteiger partial charge in [0.1, 0.15) is 0 Å². The molecule has 0 aliphatic heterocycles. The number of aliphatic hydroxyl groups excluding tert-OH is 1. The van der Waals surface area contributed by atoms with Gasteiger partial charge in [0.2, 0.25) is 0 Å². The highest BCUT2D eigenvalue weighted by molar-refractivity contribution is 7.17. The smallest absolute Gasteiger partial charge is 0.152 e. The molecule has 0 aliphatic carbocycles. The lowest BCUT2D eigenvalue weighted by atomic mass is 10.0. The molecule has 0 radical (unpaired) electrons. The van der Waals surface area contributed by atoms with Crippen LogP contribution in [-0.2, 0) is 6.61 Å².